The zero-order valence-corrected chi connectivity index (χ0v) is 13.1. The minimum absolute atomic E-state index is 0.143. The SMILES string of the molecule is CCOC(=O)[C@H]1[C@@H](c2ccccc2)N1[S@](=O)C(C)(C)C. The predicted molar refractivity (Wildman–Crippen MR) is 79.3 cm³/mol. The van der Waals surface area contributed by atoms with Gasteiger partial charge in [-0.05, 0) is 33.3 Å². The molecule has 0 bridgehead atoms. The summed E-state index contributed by atoms with van der Waals surface area (Å²) in [6.45, 7) is 7.85. The molecule has 0 amide bonds. The standard InChI is InChI=1S/C15H21NO3S/c1-5-19-14(17)13-12(11-9-7-6-8-10-11)16(13)20(18)15(2,3)4/h6-10,12-13H,5H2,1-4H3/t12-,13-,16?,20-/m1/s1. The highest BCUT2D eigenvalue weighted by Crippen LogP contribution is 2.47. The summed E-state index contributed by atoms with van der Waals surface area (Å²) in [7, 11) is -1.23. The lowest BCUT2D eigenvalue weighted by Gasteiger charge is -2.18. The smallest absolute Gasteiger partial charge is 0.326 e. The van der Waals surface area contributed by atoms with E-state index in [2.05, 4.69) is 0 Å². The van der Waals surface area contributed by atoms with Gasteiger partial charge >= 0.3 is 5.97 Å². The molecule has 1 aliphatic rings. The van der Waals surface area contributed by atoms with Crippen molar-refractivity contribution in [2.75, 3.05) is 6.61 Å². The van der Waals surface area contributed by atoms with Crippen molar-refractivity contribution < 1.29 is 13.7 Å². The van der Waals surface area contributed by atoms with Crippen molar-refractivity contribution in [3.8, 4) is 0 Å². The molecular weight excluding hydrogens is 274 g/mol. The Hall–Kier alpha value is -1.20. The zero-order valence-electron chi connectivity index (χ0n) is 12.3. The maximum atomic E-state index is 12.6. The minimum atomic E-state index is -1.23. The summed E-state index contributed by atoms with van der Waals surface area (Å²) in [4.78, 5) is 12.0. The molecule has 0 N–H and O–H groups in total. The number of esters is 1. The Kier molecular flexibility index (Phi) is 4.30. The van der Waals surface area contributed by atoms with Crippen molar-refractivity contribution in [3.05, 3.63) is 35.9 Å². The monoisotopic (exact) mass is 295 g/mol. The third kappa shape index (κ3) is 2.94. The first-order chi connectivity index (χ1) is 9.38. The molecule has 1 aromatic rings. The van der Waals surface area contributed by atoms with Crippen molar-refractivity contribution in [1.82, 2.24) is 4.31 Å². The Balaban J connectivity index is 2.25. The number of carbonyl (C=O) groups excluding carboxylic acids is 1. The summed E-state index contributed by atoms with van der Waals surface area (Å²) < 4.78 is 19.0. The van der Waals surface area contributed by atoms with Crippen molar-refractivity contribution >= 4 is 17.0 Å². The Bertz CT molecular complexity index is 510. The molecule has 1 heterocycles. The van der Waals surface area contributed by atoms with E-state index in [1.54, 1.807) is 11.2 Å². The van der Waals surface area contributed by atoms with Crippen LogP contribution in [0.4, 0.5) is 0 Å². The van der Waals surface area contributed by atoms with E-state index in [1.165, 1.54) is 0 Å². The van der Waals surface area contributed by atoms with Gasteiger partial charge in [-0.15, -0.1) is 0 Å². The molecule has 2 rings (SSSR count). The normalized spacial score (nSPS) is 26.9. The first-order valence-electron chi connectivity index (χ1n) is 6.80. The summed E-state index contributed by atoms with van der Waals surface area (Å²) in [6.07, 6.45) is 0. The average molecular weight is 295 g/mol. The number of benzene rings is 1. The maximum absolute atomic E-state index is 12.6. The van der Waals surface area contributed by atoms with Gasteiger partial charge in [0.2, 0.25) is 0 Å². The zero-order chi connectivity index (χ0) is 14.9. The molecule has 20 heavy (non-hydrogen) atoms. The summed E-state index contributed by atoms with van der Waals surface area (Å²) in [5, 5.41) is 0. The minimum Gasteiger partial charge on any atom is -0.465 e. The van der Waals surface area contributed by atoms with E-state index < -0.39 is 21.8 Å². The Morgan fingerprint density at radius 1 is 1.30 bits per heavy atom. The molecule has 110 valence electrons. The van der Waals surface area contributed by atoms with Crippen LogP contribution in [0.1, 0.15) is 39.3 Å². The molecule has 4 atom stereocenters. The second-order valence-electron chi connectivity index (χ2n) is 5.77. The van der Waals surface area contributed by atoms with E-state index in [1.807, 2.05) is 51.1 Å². The van der Waals surface area contributed by atoms with Crippen LogP contribution in [0.2, 0.25) is 0 Å². The van der Waals surface area contributed by atoms with E-state index in [0.717, 1.165) is 5.56 Å². The fourth-order valence-corrected chi connectivity index (χ4v) is 3.60. The van der Waals surface area contributed by atoms with Crippen LogP contribution < -0.4 is 0 Å². The highest BCUT2D eigenvalue weighted by Gasteiger charge is 2.59. The number of rotatable bonds is 4. The molecule has 0 spiro atoms. The first kappa shape index (κ1) is 15.2. The lowest BCUT2D eigenvalue weighted by atomic mass is 10.1. The van der Waals surface area contributed by atoms with Crippen LogP contribution in [0.25, 0.3) is 0 Å². The van der Waals surface area contributed by atoms with Crippen molar-refractivity contribution in [2.24, 2.45) is 0 Å². The van der Waals surface area contributed by atoms with Gasteiger partial charge < -0.3 is 4.74 Å². The van der Waals surface area contributed by atoms with Crippen molar-refractivity contribution in [1.29, 1.82) is 0 Å². The molecule has 4 nitrogen and oxygen atoms in total. The van der Waals surface area contributed by atoms with Gasteiger partial charge in [0.25, 0.3) is 0 Å². The summed E-state index contributed by atoms with van der Waals surface area (Å²) in [5.74, 6) is -0.293. The van der Waals surface area contributed by atoms with Crippen LogP contribution in [0.3, 0.4) is 0 Å². The van der Waals surface area contributed by atoms with Gasteiger partial charge in [-0.3, -0.25) is 4.79 Å². The van der Waals surface area contributed by atoms with Gasteiger partial charge in [0.05, 0.1) is 17.4 Å². The van der Waals surface area contributed by atoms with Gasteiger partial charge in [0.15, 0.2) is 0 Å². The first-order valence-corrected chi connectivity index (χ1v) is 7.90. The largest absolute Gasteiger partial charge is 0.465 e. The fraction of sp³-hybridized carbons (Fsp3) is 0.533. The summed E-state index contributed by atoms with van der Waals surface area (Å²) in [6, 6.07) is 9.11. The predicted octanol–water partition coefficient (Wildman–Crippen LogP) is 2.44. The van der Waals surface area contributed by atoms with Crippen LogP contribution in [0.5, 0.6) is 0 Å². The van der Waals surface area contributed by atoms with Crippen LogP contribution in [0, 0.1) is 0 Å². The summed E-state index contributed by atoms with van der Waals surface area (Å²) >= 11 is 0. The van der Waals surface area contributed by atoms with Crippen LogP contribution in [-0.2, 0) is 20.5 Å². The third-order valence-electron chi connectivity index (χ3n) is 3.14. The molecule has 1 fully saturated rings. The van der Waals surface area contributed by atoms with Gasteiger partial charge in [-0.1, -0.05) is 30.3 Å². The topological polar surface area (TPSA) is 46.4 Å². The molecule has 1 aromatic carbocycles. The Morgan fingerprint density at radius 2 is 1.90 bits per heavy atom. The number of hydrogen-bond donors (Lipinski definition) is 0. The van der Waals surface area contributed by atoms with Crippen molar-refractivity contribution in [2.45, 2.75) is 44.5 Å². The highest BCUT2D eigenvalue weighted by atomic mass is 32.2. The van der Waals surface area contributed by atoms with E-state index in [9.17, 15) is 9.00 Å². The maximum Gasteiger partial charge on any atom is 0.326 e. The third-order valence-corrected chi connectivity index (χ3v) is 5.03. The number of nitrogens with zero attached hydrogens (tertiary/aromatic N) is 1. The highest BCUT2D eigenvalue weighted by molar-refractivity contribution is 7.84. The van der Waals surface area contributed by atoms with E-state index >= 15 is 0 Å². The van der Waals surface area contributed by atoms with Gasteiger partial charge in [-0.25, -0.2) is 4.21 Å². The Morgan fingerprint density at radius 3 is 2.40 bits per heavy atom. The van der Waals surface area contributed by atoms with Gasteiger partial charge in [-0.2, -0.15) is 4.31 Å². The lowest BCUT2D eigenvalue weighted by Crippen LogP contribution is -2.30. The van der Waals surface area contributed by atoms with E-state index in [4.69, 9.17) is 4.74 Å². The average Bonchev–Trinajstić information content (AvgIpc) is 3.13. The van der Waals surface area contributed by atoms with Crippen molar-refractivity contribution in [3.63, 3.8) is 0 Å². The molecule has 5 heteroatoms. The molecular formula is C15H21NO3S. The van der Waals surface area contributed by atoms with Gasteiger partial charge in [0, 0.05) is 0 Å². The number of ether oxygens (including phenoxy) is 1. The summed E-state index contributed by atoms with van der Waals surface area (Å²) in [5.41, 5.74) is 1.00. The van der Waals surface area contributed by atoms with E-state index in [0.29, 0.717) is 6.61 Å². The molecule has 1 saturated heterocycles. The lowest BCUT2D eigenvalue weighted by molar-refractivity contribution is -0.143. The van der Waals surface area contributed by atoms with Gasteiger partial charge in [0.1, 0.15) is 17.0 Å². The van der Waals surface area contributed by atoms with E-state index in [-0.39, 0.29) is 12.0 Å². The van der Waals surface area contributed by atoms with Crippen LogP contribution in [-0.4, -0.2) is 31.9 Å². The molecule has 1 unspecified atom stereocenters. The van der Waals surface area contributed by atoms with Crippen LogP contribution in [0.15, 0.2) is 30.3 Å². The quantitative estimate of drug-likeness (QED) is 0.633. The second-order valence-corrected chi connectivity index (χ2v) is 7.92. The molecule has 0 radical (unpaired) electrons. The van der Waals surface area contributed by atoms with Crippen LogP contribution >= 0.6 is 0 Å². The molecule has 1 aliphatic heterocycles. The molecule has 0 aromatic heterocycles. The molecule has 0 saturated carbocycles. The second kappa shape index (κ2) is 5.66. The Labute approximate surface area is 122 Å². The fourth-order valence-electron chi connectivity index (χ4n) is 2.17. The number of hydrogen-bond acceptors (Lipinski definition) is 3. The molecule has 0 aliphatic carbocycles. The number of carbonyl (C=O) groups is 1.